The number of sulfonamides is 1. The van der Waals surface area contributed by atoms with Gasteiger partial charge in [0.05, 0.1) is 30.1 Å². The fourth-order valence-corrected chi connectivity index (χ4v) is 7.03. The third-order valence-electron chi connectivity index (χ3n) is 7.16. The molecule has 220 valence electrons. The van der Waals surface area contributed by atoms with E-state index in [1.807, 2.05) is 18.2 Å². The van der Waals surface area contributed by atoms with E-state index in [2.05, 4.69) is 24.5 Å². The molecule has 0 bridgehead atoms. The van der Waals surface area contributed by atoms with Crippen molar-refractivity contribution in [3.05, 3.63) is 71.9 Å². The summed E-state index contributed by atoms with van der Waals surface area (Å²) in [5, 5.41) is 0. The van der Waals surface area contributed by atoms with Crippen LogP contribution in [0.25, 0.3) is 17.2 Å². The lowest BCUT2D eigenvalue weighted by atomic mass is 10.0. The van der Waals surface area contributed by atoms with Crippen molar-refractivity contribution in [3.8, 4) is 16.9 Å². The molecule has 0 unspecified atom stereocenters. The number of hydrogen-bond acceptors (Lipinski definition) is 7. The first-order valence-electron chi connectivity index (χ1n) is 13.8. The molecule has 1 saturated heterocycles. The Balaban J connectivity index is 1.47. The Morgan fingerprint density at radius 1 is 1.07 bits per heavy atom. The number of ether oxygens (including phenoxy) is 3. The molecule has 5 rings (SSSR count). The number of rotatable bonds is 11. The first-order chi connectivity index (χ1) is 19.6. The minimum absolute atomic E-state index is 0.00156. The predicted octanol–water partition coefficient (Wildman–Crippen LogP) is 5.83. The normalized spacial score (nSPS) is 15.9. The van der Waals surface area contributed by atoms with Crippen molar-refractivity contribution in [1.29, 1.82) is 0 Å². The van der Waals surface area contributed by atoms with Crippen LogP contribution in [0.3, 0.4) is 0 Å². The van der Waals surface area contributed by atoms with Crippen LogP contribution in [-0.2, 0) is 26.1 Å². The predicted molar refractivity (Wildman–Crippen MR) is 160 cm³/mol. The van der Waals surface area contributed by atoms with E-state index in [4.69, 9.17) is 18.6 Å². The molecule has 8 nitrogen and oxygen atoms in total. The Bertz CT molecular complexity index is 1490. The average Bonchev–Trinajstić information content (AvgIpc) is 3.42. The molecule has 0 amide bonds. The Hall–Kier alpha value is -2.96. The minimum Gasteiger partial charge on any atom is -0.485 e. The van der Waals surface area contributed by atoms with E-state index in [0.29, 0.717) is 37.8 Å². The van der Waals surface area contributed by atoms with E-state index >= 15 is 0 Å². The maximum atomic E-state index is 14.4. The van der Waals surface area contributed by atoms with E-state index in [9.17, 15) is 12.8 Å². The number of anilines is 1. The van der Waals surface area contributed by atoms with Crippen LogP contribution >= 0.6 is 0 Å². The topological polar surface area (TPSA) is 81.5 Å². The Morgan fingerprint density at radius 2 is 1.88 bits per heavy atom. The van der Waals surface area contributed by atoms with Crippen LogP contribution in [0.5, 0.6) is 5.75 Å². The molecular formula is C30H37FN2O6SSi. The van der Waals surface area contributed by atoms with Crippen LogP contribution in [0.15, 0.2) is 64.1 Å². The molecule has 0 atom stereocenters. The van der Waals surface area contributed by atoms with E-state index in [1.54, 1.807) is 24.5 Å². The van der Waals surface area contributed by atoms with Crippen LogP contribution < -0.4 is 9.04 Å². The summed E-state index contributed by atoms with van der Waals surface area (Å²) in [6.07, 6.45) is 5.15. The molecule has 2 aliphatic heterocycles. The summed E-state index contributed by atoms with van der Waals surface area (Å²) in [4.78, 5) is 2.20. The van der Waals surface area contributed by atoms with Crippen LogP contribution in [0, 0.1) is 5.82 Å². The number of benzene rings is 2. The van der Waals surface area contributed by atoms with E-state index < -0.39 is 23.9 Å². The van der Waals surface area contributed by atoms with Gasteiger partial charge in [0, 0.05) is 51.5 Å². The van der Waals surface area contributed by atoms with Gasteiger partial charge in [-0.2, -0.15) is 0 Å². The highest BCUT2D eigenvalue weighted by Gasteiger charge is 2.30. The van der Waals surface area contributed by atoms with Crippen molar-refractivity contribution in [2.24, 2.45) is 0 Å². The summed E-state index contributed by atoms with van der Waals surface area (Å²) in [5.74, 6) is 0.777. The van der Waals surface area contributed by atoms with Crippen molar-refractivity contribution in [3.63, 3.8) is 0 Å². The van der Waals surface area contributed by atoms with Gasteiger partial charge in [-0.25, -0.2) is 17.1 Å². The van der Waals surface area contributed by atoms with E-state index in [0.717, 1.165) is 36.0 Å². The quantitative estimate of drug-likeness (QED) is 0.156. The molecule has 3 heterocycles. The second-order valence-corrected chi connectivity index (χ2v) is 18.9. The lowest BCUT2D eigenvalue weighted by molar-refractivity contribution is 0.0435. The zero-order valence-corrected chi connectivity index (χ0v) is 25.6. The highest BCUT2D eigenvalue weighted by molar-refractivity contribution is 7.92. The molecule has 1 fully saturated rings. The number of nitrogens with zero attached hydrogens (tertiary/aromatic N) is 2. The standard InChI is InChI=1S/C30H37FN2O6SSi/c1-41(2,3)18-17-37-22-33(25-7-8-26-27-10-14-38-29(27)21-39-28(26)20-25)40(34,35)30-9-6-24(31)19-23(30)5-4-11-32-12-15-36-16-13-32/h4-10,14,19-20H,11-13,15-18,21-22H2,1-3H3/b5-4-. The van der Waals surface area contributed by atoms with Crippen molar-refractivity contribution >= 4 is 29.9 Å². The van der Waals surface area contributed by atoms with Crippen LogP contribution in [-0.4, -0.2) is 67.6 Å². The zero-order valence-electron chi connectivity index (χ0n) is 23.8. The smallest absolute Gasteiger partial charge is 0.266 e. The third-order valence-corrected chi connectivity index (χ3v) is 10.7. The lowest BCUT2D eigenvalue weighted by Crippen LogP contribution is -2.36. The number of hydrogen-bond donors (Lipinski definition) is 0. The fourth-order valence-electron chi connectivity index (χ4n) is 4.77. The molecule has 41 heavy (non-hydrogen) atoms. The maximum Gasteiger partial charge on any atom is 0.266 e. The minimum atomic E-state index is -4.15. The third kappa shape index (κ3) is 7.10. The summed E-state index contributed by atoms with van der Waals surface area (Å²) in [6, 6.07) is 11.8. The van der Waals surface area contributed by atoms with Crippen molar-refractivity contribution in [1.82, 2.24) is 4.90 Å². The van der Waals surface area contributed by atoms with Crippen LogP contribution in [0.4, 0.5) is 10.1 Å². The largest absolute Gasteiger partial charge is 0.485 e. The SMILES string of the molecule is C[Si](C)(C)CCOCN(c1ccc2c(c1)OCc1occc1-2)S(=O)(=O)c1ccc(F)cc1/C=C\CN1CCOCC1. The maximum absolute atomic E-state index is 14.4. The first kappa shape index (κ1) is 29.5. The molecule has 0 aliphatic carbocycles. The monoisotopic (exact) mass is 600 g/mol. The first-order valence-corrected chi connectivity index (χ1v) is 19.0. The van der Waals surface area contributed by atoms with E-state index in [1.165, 1.54) is 22.5 Å². The van der Waals surface area contributed by atoms with Gasteiger partial charge in [-0.05, 0) is 48.0 Å². The Kier molecular flexibility index (Phi) is 9.00. The van der Waals surface area contributed by atoms with E-state index in [-0.39, 0.29) is 23.8 Å². The molecule has 2 aromatic carbocycles. The van der Waals surface area contributed by atoms with Gasteiger partial charge in [0.15, 0.2) is 0 Å². The Morgan fingerprint density at radius 3 is 2.66 bits per heavy atom. The van der Waals surface area contributed by atoms with Gasteiger partial charge in [0.2, 0.25) is 0 Å². The molecular weight excluding hydrogens is 563 g/mol. The van der Waals surface area contributed by atoms with Crippen LogP contribution in [0.1, 0.15) is 11.3 Å². The van der Waals surface area contributed by atoms with Crippen molar-refractivity contribution < 1.29 is 31.4 Å². The summed E-state index contributed by atoms with van der Waals surface area (Å²) in [6.45, 7) is 10.8. The molecule has 11 heteroatoms. The molecule has 3 aromatic rings. The summed E-state index contributed by atoms with van der Waals surface area (Å²) >= 11 is 0. The van der Waals surface area contributed by atoms with Crippen LogP contribution in [0.2, 0.25) is 25.7 Å². The zero-order chi connectivity index (χ0) is 29.0. The molecule has 2 aliphatic rings. The second kappa shape index (κ2) is 12.5. The summed E-state index contributed by atoms with van der Waals surface area (Å²) in [7, 11) is -5.55. The lowest BCUT2D eigenvalue weighted by Gasteiger charge is -2.27. The second-order valence-electron chi connectivity index (χ2n) is 11.4. The van der Waals surface area contributed by atoms with Gasteiger partial charge in [0.1, 0.15) is 30.7 Å². The van der Waals surface area contributed by atoms with Gasteiger partial charge >= 0.3 is 0 Å². The number of furan rings is 1. The van der Waals surface area contributed by atoms with Gasteiger partial charge in [0.25, 0.3) is 10.0 Å². The molecule has 0 saturated carbocycles. The number of morpholine rings is 1. The van der Waals surface area contributed by atoms with Gasteiger partial charge in [-0.3, -0.25) is 4.90 Å². The number of halogens is 1. The van der Waals surface area contributed by atoms with Crippen molar-refractivity contribution in [2.45, 2.75) is 37.2 Å². The summed E-state index contributed by atoms with van der Waals surface area (Å²) < 4.78 is 66.9. The molecule has 1 aromatic heterocycles. The van der Waals surface area contributed by atoms with Gasteiger partial charge in [-0.1, -0.05) is 31.8 Å². The molecule has 0 N–H and O–H groups in total. The fraction of sp³-hybridized carbons (Fsp3) is 0.400. The average molecular weight is 601 g/mol. The highest BCUT2D eigenvalue weighted by atomic mass is 32.2. The Labute approximate surface area is 242 Å². The molecule has 0 spiro atoms. The van der Waals surface area contributed by atoms with Gasteiger partial charge in [-0.15, -0.1) is 0 Å². The highest BCUT2D eigenvalue weighted by Crippen LogP contribution is 2.41. The summed E-state index contributed by atoms with van der Waals surface area (Å²) in [5.41, 5.74) is 2.43. The molecule has 0 radical (unpaired) electrons. The number of fused-ring (bicyclic) bond motifs is 3. The van der Waals surface area contributed by atoms with Crippen molar-refractivity contribution in [2.75, 3.05) is 50.5 Å². The van der Waals surface area contributed by atoms with Gasteiger partial charge < -0.3 is 18.6 Å².